The summed E-state index contributed by atoms with van der Waals surface area (Å²) in [4.78, 5) is 39.2. The van der Waals surface area contributed by atoms with Gasteiger partial charge in [0.15, 0.2) is 17.3 Å². The SMILES string of the molecule is COC(=O)[C@H]1C(=O)C2=C(C[C@@H]1C)NC(C)=C(C(=O)OC(C)C)[C@@H]2c1ccc(O)c(OC)c1. The number of carbonyl (C=O) groups is 3. The second-order valence-electron chi connectivity index (χ2n) is 8.42. The lowest BCUT2D eigenvalue weighted by atomic mass is 9.69. The van der Waals surface area contributed by atoms with E-state index in [1.54, 1.807) is 32.9 Å². The van der Waals surface area contributed by atoms with Crippen LogP contribution in [0.4, 0.5) is 0 Å². The number of methoxy groups -OCH3 is 2. The van der Waals surface area contributed by atoms with Gasteiger partial charge in [-0.3, -0.25) is 9.59 Å². The number of allylic oxidation sites excluding steroid dienone is 3. The summed E-state index contributed by atoms with van der Waals surface area (Å²) >= 11 is 0. The summed E-state index contributed by atoms with van der Waals surface area (Å²) in [5, 5.41) is 13.3. The minimum atomic E-state index is -0.970. The van der Waals surface area contributed by atoms with Crippen LogP contribution >= 0.6 is 0 Å². The van der Waals surface area contributed by atoms with Crippen molar-refractivity contribution in [1.29, 1.82) is 0 Å². The van der Waals surface area contributed by atoms with Crippen molar-refractivity contribution in [2.45, 2.75) is 46.1 Å². The summed E-state index contributed by atoms with van der Waals surface area (Å²) in [7, 11) is 2.67. The van der Waals surface area contributed by atoms with Crippen molar-refractivity contribution in [3.8, 4) is 11.5 Å². The first kappa shape index (κ1) is 23.4. The molecule has 0 radical (unpaired) electrons. The van der Waals surface area contributed by atoms with E-state index in [2.05, 4.69) is 5.32 Å². The number of Topliss-reactive ketones (excluding diaryl/α,β-unsaturated/α-hetero) is 1. The fraction of sp³-hybridized carbons (Fsp3) is 0.458. The van der Waals surface area contributed by atoms with Gasteiger partial charge in [-0.1, -0.05) is 13.0 Å². The van der Waals surface area contributed by atoms with Gasteiger partial charge in [-0.25, -0.2) is 4.79 Å². The number of hydrogen-bond donors (Lipinski definition) is 2. The van der Waals surface area contributed by atoms with E-state index in [1.165, 1.54) is 20.3 Å². The van der Waals surface area contributed by atoms with Gasteiger partial charge >= 0.3 is 11.9 Å². The van der Waals surface area contributed by atoms with Crippen molar-refractivity contribution in [3.05, 3.63) is 46.3 Å². The van der Waals surface area contributed by atoms with Crippen LogP contribution < -0.4 is 10.1 Å². The molecule has 1 aliphatic heterocycles. The molecule has 1 aromatic rings. The quantitative estimate of drug-likeness (QED) is 0.528. The van der Waals surface area contributed by atoms with E-state index >= 15 is 0 Å². The van der Waals surface area contributed by atoms with E-state index in [-0.39, 0.29) is 29.1 Å². The molecule has 0 saturated carbocycles. The predicted octanol–water partition coefficient (Wildman–Crippen LogP) is 2.97. The molecule has 32 heavy (non-hydrogen) atoms. The first-order chi connectivity index (χ1) is 15.1. The number of dihydropyridines is 1. The number of phenolic OH excluding ortho intramolecular Hbond substituents is 1. The number of rotatable bonds is 5. The Morgan fingerprint density at radius 1 is 1.22 bits per heavy atom. The second kappa shape index (κ2) is 9.06. The highest BCUT2D eigenvalue weighted by Gasteiger charge is 2.47. The molecule has 2 aliphatic rings. The molecular weight excluding hydrogens is 414 g/mol. The molecule has 0 unspecified atom stereocenters. The average molecular weight is 443 g/mol. The van der Waals surface area contributed by atoms with Crippen LogP contribution in [0.2, 0.25) is 0 Å². The Kier molecular flexibility index (Phi) is 6.62. The van der Waals surface area contributed by atoms with Crippen LogP contribution in [0.5, 0.6) is 11.5 Å². The summed E-state index contributed by atoms with van der Waals surface area (Å²) < 4.78 is 15.6. The summed E-state index contributed by atoms with van der Waals surface area (Å²) in [5.74, 6) is -3.45. The molecule has 172 valence electrons. The number of ether oxygens (including phenoxy) is 3. The third-order valence-corrected chi connectivity index (χ3v) is 5.84. The van der Waals surface area contributed by atoms with Crippen LogP contribution in [0, 0.1) is 11.8 Å². The molecule has 0 bridgehead atoms. The highest BCUT2D eigenvalue weighted by atomic mass is 16.5. The fourth-order valence-electron chi connectivity index (χ4n) is 4.44. The normalized spacial score (nSPS) is 23.0. The number of esters is 2. The van der Waals surface area contributed by atoms with Gasteiger partial charge in [-0.15, -0.1) is 0 Å². The zero-order valence-electron chi connectivity index (χ0n) is 19.1. The summed E-state index contributed by atoms with van der Waals surface area (Å²) in [5.41, 5.74) is 2.40. The number of carbonyl (C=O) groups excluding carboxylic acids is 3. The van der Waals surface area contributed by atoms with Crippen LogP contribution in [0.1, 0.15) is 45.6 Å². The molecule has 3 atom stereocenters. The summed E-state index contributed by atoms with van der Waals surface area (Å²) in [6.07, 6.45) is 0.0780. The Bertz CT molecular complexity index is 1020. The number of phenols is 1. The zero-order valence-corrected chi connectivity index (χ0v) is 19.1. The van der Waals surface area contributed by atoms with Crippen LogP contribution in [0.15, 0.2) is 40.7 Å². The smallest absolute Gasteiger partial charge is 0.337 e. The third-order valence-electron chi connectivity index (χ3n) is 5.84. The van der Waals surface area contributed by atoms with Crippen LogP contribution in [-0.2, 0) is 23.9 Å². The molecule has 8 nitrogen and oxygen atoms in total. The van der Waals surface area contributed by atoms with Crippen LogP contribution in [0.25, 0.3) is 0 Å². The van der Waals surface area contributed by atoms with Crippen LogP contribution in [0.3, 0.4) is 0 Å². The molecule has 0 spiro atoms. The van der Waals surface area contributed by atoms with Gasteiger partial charge in [0, 0.05) is 22.9 Å². The Morgan fingerprint density at radius 2 is 1.91 bits per heavy atom. The van der Waals surface area contributed by atoms with Gasteiger partial charge in [0.25, 0.3) is 0 Å². The molecule has 1 aromatic carbocycles. The topological polar surface area (TPSA) is 111 Å². The third kappa shape index (κ3) is 4.09. The Morgan fingerprint density at radius 3 is 2.50 bits per heavy atom. The van der Waals surface area contributed by atoms with Gasteiger partial charge in [0.2, 0.25) is 0 Å². The maximum atomic E-state index is 13.6. The van der Waals surface area contributed by atoms with E-state index in [0.717, 1.165) is 0 Å². The molecule has 1 heterocycles. The van der Waals surface area contributed by atoms with Crippen molar-refractivity contribution in [3.63, 3.8) is 0 Å². The number of ketones is 1. The fourth-order valence-corrected chi connectivity index (χ4v) is 4.44. The minimum Gasteiger partial charge on any atom is -0.504 e. The average Bonchev–Trinajstić information content (AvgIpc) is 2.72. The lowest BCUT2D eigenvalue weighted by molar-refractivity contribution is -0.151. The molecule has 0 aromatic heterocycles. The Hall–Kier alpha value is -3.29. The zero-order chi connectivity index (χ0) is 23.7. The second-order valence-corrected chi connectivity index (χ2v) is 8.42. The van der Waals surface area contributed by atoms with E-state index in [0.29, 0.717) is 29.0 Å². The molecule has 2 N–H and O–H groups in total. The Labute approximate surface area is 187 Å². The number of aromatic hydroxyl groups is 1. The van der Waals surface area contributed by atoms with E-state index in [1.807, 2.05) is 6.92 Å². The molecule has 0 fully saturated rings. The maximum Gasteiger partial charge on any atom is 0.337 e. The minimum absolute atomic E-state index is 0.0672. The molecule has 1 aliphatic carbocycles. The first-order valence-corrected chi connectivity index (χ1v) is 10.5. The summed E-state index contributed by atoms with van der Waals surface area (Å²) in [6, 6.07) is 4.67. The van der Waals surface area contributed by atoms with Crippen molar-refractivity contribution in [2.75, 3.05) is 14.2 Å². The van der Waals surface area contributed by atoms with Gasteiger partial charge in [0.05, 0.1) is 25.9 Å². The molecular formula is C24H29NO7. The summed E-state index contributed by atoms with van der Waals surface area (Å²) in [6.45, 7) is 7.07. The van der Waals surface area contributed by atoms with Gasteiger partial charge in [-0.2, -0.15) is 0 Å². The van der Waals surface area contributed by atoms with E-state index < -0.39 is 29.6 Å². The van der Waals surface area contributed by atoms with Gasteiger partial charge < -0.3 is 24.6 Å². The highest BCUT2D eigenvalue weighted by Crippen LogP contribution is 2.46. The predicted molar refractivity (Wildman–Crippen MR) is 116 cm³/mol. The van der Waals surface area contributed by atoms with E-state index in [4.69, 9.17) is 14.2 Å². The Balaban J connectivity index is 2.22. The number of benzene rings is 1. The van der Waals surface area contributed by atoms with Crippen molar-refractivity contribution >= 4 is 17.7 Å². The van der Waals surface area contributed by atoms with Gasteiger partial charge in [0.1, 0.15) is 5.92 Å². The number of nitrogens with one attached hydrogen (secondary N) is 1. The lowest BCUT2D eigenvalue weighted by Crippen LogP contribution is -2.43. The largest absolute Gasteiger partial charge is 0.504 e. The maximum absolute atomic E-state index is 13.6. The first-order valence-electron chi connectivity index (χ1n) is 10.5. The molecule has 0 saturated heterocycles. The van der Waals surface area contributed by atoms with Crippen LogP contribution in [-0.4, -0.2) is 43.2 Å². The molecule has 0 amide bonds. The van der Waals surface area contributed by atoms with E-state index in [9.17, 15) is 19.5 Å². The number of hydrogen-bond acceptors (Lipinski definition) is 8. The molecule has 8 heteroatoms. The van der Waals surface area contributed by atoms with Crippen molar-refractivity contribution < 1.29 is 33.7 Å². The molecule has 3 rings (SSSR count). The highest BCUT2D eigenvalue weighted by molar-refractivity contribution is 6.12. The standard InChI is InChI=1S/C24H29NO7/c1-11(2)32-24(29)19-13(4)25-15-9-12(3)18(23(28)31-6)22(27)21(15)20(19)14-7-8-16(26)17(10-14)30-5/h7-8,10-12,18,20,25-26H,9H2,1-6H3/t12-,18+,20-/m0/s1. The van der Waals surface area contributed by atoms with Gasteiger partial charge in [-0.05, 0) is 50.8 Å². The van der Waals surface area contributed by atoms with Crippen molar-refractivity contribution in [2.24, 2.45) is 11.8 Å². The lowest BCUT2D eigenvalue weighted by Gasteiger charge is -2.38. The van der Waals surface area contributed by atoms with Crippen molar-refractivity contribution in [1.82, 2.24) is 5.32 Å². The monoisotopic (exact) mass is 443 g/mol.